The number of nitrogens with one attached hydrogen (secondary N) is 1. The second-order valence-corrected chi connectivity index (χ2v) is 5.42. The van der Waals surface area contributed by atoms with Gasteiger partial charge in [-0.2, -0.15) is 0 Å². The van der Waals surface area contributed by atoms with Crippen LogP contribution >= 0.6 is 15.9 Å². The van der Waals surface area contributed by atoms with Crippen LogP contribution in [0.25, 0.3) is 0 Å². The summed E-state index contributed by atoms with van der Waals surface area (Å²) in [6.45, 7) is 3.54. The van der Waals surface area contributed by atoms with Crippen molar-refractivity contribution in [3.05, 3.63) is 27.7 Å². The fraction of sp³-hybridized carbons (Fsp3) is 0.538. The third-order valence-electron chi connectivity index (χ3n) is 3.27. The van der Waals surface area contributed by atoms with Crippen molar-refractivity contribution in [1.82, 2.24) is 5.32 Å². The highest BCUT2D eigenvalue weighted by molar-refractivity contribution is 9.10. The Kier molecular flexibility index (Phi) is 3.36. The van der Waals surface area contributed by atoms with Crippen molar-refractivity contribution in [2.75, 3.05) is 26.3 Å². The maximum absolute atomic E-state index is 5.73. The van der Waals surface area contributed by atoms with Crippen molar-refractivity contribution in [1.29, 1.82) is 0 Å². The molecule has 17 heavy (non-hydrogen) atoms. The molecule has 0 aliphatic carbocycles. The predicted molar refractivity (Wildman–Crippen MR) is 69.7 cm³/mol. The Bertz CT molecular complexity index is 416. The minimum absolute atomic E-state index is 0.302. The van der Waals surface area contributed by atoms with E-state index in [-0.39, 0.29) is 0 Å². The fourth-order valence-corrected chi connectivity index (χ4v) is 3.12. The summed E-state index contributed by atoms with van der Waals surface area (Å²) >= 11 is 3.58. The van der Waals surface area contributed by atoms with E-state index in [0.717, 1.165) is 49.4 Å². The number of morpholine rings is 1. The van der Waals surface area contributed by atoms with Crippen molar-refractivity contribution < 1.29 is 9.47 Å². The minimum Gasteiger partial charge on any atom is -0.492 e. The van der Waals surface area contributed by atoms with E-state index in [2.05, 4.69) is 33.4 Å². The standard InChI is InChI=1S/C13H16BrNO2/c14-12-7-9(5-10-1-3-17-13(10)12)6-11-8-15-2-4-16-11/h5,7,11,15H,1-4,6,8H2. The van der Waals surface area contributed by atoms with E-state index < -0.39 is 0 Å². The van der Waals surface area contributed by atoms with Gasteiger partial charge >= 0.3 is 0 Å². The number of rotatable bonds is 2. The highest BCUT2D eigenvalue weighted by atomic mass is 79.9. The van der Waals surface area contributed by atoms with Gasteiger partial charge in [-0.1, -0.05) is 6.07 Å². The summed E-state index contributed by atoms with van der Waals surface area (Å²) in [6, 6.07) is 4.41. The highest BCUT2D eigenvalue weighted by Gasteiger charge is 2.19. The van der Waals surface area contributed by atoms with Gasteiger partial charge in [-0.3, -0.25) is 0 Å². The monoisotopic (exact) mass is 297 g/mol. The van der Waals surface area contributed by atoms with Crippen LogP contribution in [0, 0.1) is 0 Å². The lowest BCUT2D eigenvalue weighted by atomic mass is 10.0. The molecule has 3 rings (SSSR count). The molecule has 1 N–H and O–H groups in total. The third-order valence-corrected chi connectivity index (χ3v) is 3.85. The normalized spacial score (nSPS) is 23.2. The average molecular weight is 298 g/mol. The first-order chi connectivity index (χ1) is 8.33. The van der Waals surface area contributed by atoms with Crippen molar-refractivity contribution in [3.8, 4) is 5.75 Å². The van der Waals surface area contributed by atoms with Crippen molar-refractivity contribution in [3.63, 3.8) is 0 Å². The van der Waals surface area contributed by atoms with Crippen LogP contribution < -0.4 is 10.1 Å². The van der Waals surface area contributed by atoms with Gasteiger partial charge in [-0.05, 0) is 39.5 Å². The van der Waals surface area contributed by atoms with Gasteiger partial charge in [-0.15, -0.1) is 0 Å². The van der Waals surface area contributed by atoms with Gasteiger partial charge in [0, 0.05) is 19.5 Å². The van der Waals surface area contributed by atoms with Crippen molar-refractivity contribution in [2.45, 2.75) is 18.9 Å². The quantitative estimate of drug-likeness (QED) is 0.905. The zero-order valence-corrected chi connectivity index (χ0v) is 11.3. The number of benzene rings is 1. The van der Waals surface area contributed by atoms with Crippen LogP contribution in [-0.4, -0.2) is 32.4 Å². The molecule has 1 saturated heterocycles. The lowest BCUT2D eigenvalue weighted by Crippen LogP contribution is -2.39. The van der Waals surface area contributed by atoms with E-state index in [4.69, 9.17) is 9.47 Å². The molecule has 3 nitrogen and oxygen atoms in total. The first-order valence-electron chi connectivity index (χ1n) is 6.09. The lowest BCUT2D eigenvalue weighted by molar-refractivity contribution is 0.0292. The van der Waals surface area contributed by atoms with Gasteiger partial charge in [0.2, 0.25) is 0 Å². The molecule has 1 atom stereocenters. The SMILES string of the molecule is Brc1cc(CC2CNCCO2)cc2c1OCC2. The number of halogens is 1. The Balaban J connectivity index is 1.76. The second kappa shape index (κ2) is 4.96. The molecule has 2 aliphatic heterocycles. The number of fused-ring (bicyclic) bond motifs is 1. The molecule has 2 heterocycles. The molecule has 0 amide bonds. The van der Waals surface area contributed by atoms with Crippen LogP contribution in [0.4, 0.5) is 0 Å². The maximum Gasteiger partial charge on any atom is 0.136 e. The van der Waals surface area contributed by atoms with Gasteiger partial charge in [0.25, 0.3) is 0 Å². The maximum atomic E-state index is 5.73. The first-order valence-corrected chi connectivity index (χ1v) is 6.88. The topological polar surface area (TPSA) is 30.5 Å². The van der Waals surface area contributed by atoms with Gasteiger partial charge < -0.3 is 14.8 Å². The molecule has 0 radical (unpaired) electrons. The van der Waals surface area contributed by atoms with Gasteiger partial charge in [-0.25, -0.2) is 0 Å². The van der Waals surface area contributed by atoms with E-state index in [9.17, 15) is 0 Å². The Labute approximate surface area is 110 Å². The van der Waals surface area contributed by atoms with E-state index in [1.165, 1.54) is 11.1 Å². The van der Waals surface area contributed by atoms with Crippen LogP contribution in [0.1, 0.15) is 11.1 Å². The lowest BCUT2D eigenvalue weighted by Gasteiger charge is -2.23. The zero-order valence-electron chi connectivity index (χ0n) is 9.67. The molecular formula is C13H16BrNO2. The van der Waals surface area contributed by atoms with Crippen molar-refractivity contribution in [2.24, 2.45) is 0 Å². The third kappa shape index (κ3) is 2.49. The summed E-state index contributed by atoms with van der Waals surface area (Å²) in [6.07, 6.45) is 2.29. The molecule has 1 aromatic carbocycles. The van der Waals surface area contributed by atoms with Crippen molar-refractivity contribution >= 4 is 15.9 Å². The molecule has 4 heteroatoms. The van der Waals surface area contributed by atoms with E-state index in [0.29, 0.717) is 6.10 Å². The molecule has 1 unspecified atom stereocenters. The van der Waals surface area contributed by atoms with E-state index in [1.54, 1.807) is 0 Å². The molecule has 1 aromatic rings. The van der Waals surface area contributed by atoms with E-state index >= 15 is 0 Å². The van der Waals surface area contributed by atoms with Gasteiger partial charge in [0.1, 0.15) is 5.75 Å². The van der Waals surface area contributed by atoms with Crippen LogP contribution in [0.5, 0.6) is 5.75 Å². The highest BCUT2D eigenvalue weighted by Crippen LogP contribution is 2.35. The fourth-order valence-electron chi connectivity index (χ4n) is 2.45. The molecule has 1 fully saturated rings. The summed E-state index contributed by atoms with van der Waals surface area (Å²) in [5, 5.41) is 3.36. The second-order valence-electron chi connectivity index (χ2n) is 4.57. The van der Waals surface area contributed by atoms with Crippen LogP contribution in [0.15, 0.2) is 16.6 Å². The Morgan fingerprint density at radius 1 is 1.35 bits per heavy atom. The Morgan fingerprint density at radius 3 is 3.12 bits per heavy atom. The summed E-state index contributed by atoms with van der Waals surface area (Å²) in [5.41, 5.74) is 2.65. The molecule has 92 valence electrons. The van der Waals surface area contributed by atoms with Gasteiger partial charge in [0.15, 0.2) is 0 Å². The zero-order chi connectivity index (χ0) is 11.7. The largest absolute Gasteiger partial charge is 0.492 e. The predicted octanol–water partition coefficient (Wildman–Crippen LogP) is 1.91. The van der Waals surface area contributed by atoms with Gasteiger partial charge in [0.05, 0.1) is 23.8 Å². The number of hydrogen-bond donors (Lipinski definition) is 1. The summed E-state index contributed by atoms with van der Waals surface area (Å²) in [4.78, 5) is 0. The molecule has 0 saturated carbocycles. The van der Waals surface area contributed by atoms with E-state index in [1.807, 2.05) is 0 Å². The number of ether oxygens (including phenoxy) is 2. The molecule has 2 aliphatic rings. The molecule has 0 spiro atoms. The number of hydrogen-bond acceptors (Lipinski definition) is 3. The van der Waals surface area contributed by atoms with Crippen LogP contribution in [0.3, 0.4) is 0 Å². The summed E-state index contributed by atoms with van der Waals surface area (Å²) < 4.78 is 12.4. The average Bonchev–Trinajstić information content (AvgIpc) is 2.79. The van der Waals surface area contributed by atoms with Crippen LogP contribution in [-0.2, 0) is 17.6 Å². The summed E-state index contributed by atoms with van der Waals surface area (Å²) in [7, 11) is 0. The minimum atomic E-state index is 0.302. The molecular weight excluding hydrogens is 282 g/mol. The van der Waals surface area contributed by atoms with Crippen LogP contribution in [0.2, 0.25) is 0 Å². The summed E-state index contributed by atoms with van der Waals surface area (Å²) in [5.74, 6) is 1.02. The Hall–Kier alpha value is -0.580. The first kappa shape index (κ1) is 11.5. The molecule has 0 bridgehead atoms. The molecule has 0 aromatic heterocycles. The smallest absolute Gasteiger partial charge is 0.136 e. The Morgan fingerprint density at radius 2 is 2.29 bits per heavy atom.